The van der Waals surface area contributed by atoms with Crippen LogP contribution in [0.4, 0.5) is 0 Å². The predicted octanol–water partition coefficient (Wildman–Crippen LogP) is 1.40. The van der Waals surface area contributed by atoms with E-state index in [0.29, 0.717) is 0 Å². The Kier molecular flexibility index (Phi) is 6.24. The molecule has 0 atom stereocenters. The van der Waals surface area contributed by atoms with E-state index in [1.54, 1.807) is 6.07 Å². The Labute approximate surface area is 119 Å². The number of nitriles is 1. The molecule has 112 valence electrons. The van der Waals surface area contributed by atoms with E-state index in [1.165, 1.54) is 6.20 Å². The first-order valence-corrected chi connectivity index (χ1v) is 6.35. The number of aliphatic carboxylic acids is 1. The maximum Gasteiger partial charge on any atom is 0.322 e. The van der Waals surface area contributed by atoms with Crippen molar-refractivity contribution in [2.24, 2.45) is 5.41 Å². The summed E-state index contributed by atoms with van der Waals surface area (Å²) in [5, 5.41) is 22.6. The standard InChI is InChI=1S/C14H23N3O3/c1-13(2,3)9-14(4,5)17-7-10(6-15)12(20)16-8-11(18)19/h7,17H,8-9H2,1-5H3,(H,16,20)(H,18,19)/b10-7-. The van der Waals surface area contributed by atoms with Crippen molar-refractivity contribution in [2.45, 2.75) is 46.6 Å². The van der Waals surface area contributed by atoms with E-state index >= 15 is 0 Å². The fourth-order valence-electron chi connectivity index (χ4n) is 2.04. The molecule has 0 heterocycles. The maximum atomic E-state index is 11.6. The second kappa shape index (κ2) is 6.94. The molecule has 0 aliphatic rings. The van der Waals surface area contributed by atoms with Gasteiger partial charge in [0.05, 0.1) is 0 Å². The fraction of sp³-hybridized carbons (Fsp3) is 0.643. The van der Waals surface area contributed by atoms with E-state index in [4.69, 9.17) is 10.4 Å². The molecule has 1 amide bonds. The smallest absolute Gasteiger partial charge is 0.322 e. The van der Waals surface area contributed by atoms with Crippen LogP contribution in [0.15, 0.2) is 11.8 Å². The highest BCUT2D eigenvalue weighted by atomic mass is 16.4. The first-order valence-electron chi connectivity index (χ1n) is 6.35. The lowest BCUT2D eigenvalue weighted by molar-refractivity contribution is -0.137. The molecule has 0 saturated carbocycles. The minimum absolute atomic E-state index is 0.0999. The average Bonchev–Trinajstić information content (AvgIpc) is 2.23. The molecule has 6 heteroatoms. The third-order valence-corrected chi connectivity index (χ3v) is 2.34. The van der Waals surface area contributed by atoms with Crippen molar-refractivity contribution in [1.82, 2.24) is 10.6 Å². The van der Waals surface area contributed by atoms with Crippen molar-refractivity contribution in [3.63, 3.8) is 0 Å². The van der Waals surface area contributed by atoms with Crippen LogP contribution < -0.4 is 10.6 Å². The molecule has 0 spiro atoms. The van der Waals surface area contributed by atoms with Crippen LogP contribution in [-0.2, 0) is 9.59 Å². The van der Waals surface area contributed by atoms with Gasteiger partial charge in [-0.15, -0.1) is 0 Å². The highest BCUT2D eigenvalue weighted by Gasteiger charge is 2.24. The lowest BCUT2D eigenvalue weighted by Gasteiger charge is -2.33. The second-order valence-electron chi connectivity index (χ2n) is 6.51. The number of rotatable bonds is 6. The molecular weight excluding hydrogens is 258 g/mol. The van der Waals surface area contributed by atoms with Crippen molar-refractivity contribution in [3.05, 3.63) is 11.8 Å². The summed E-state index contributed by atoms with van der Waals surface area (Å²) in [4.78, 5) is 21.9. The molecule has 0 aromatic heterocycles. The normalized spacial score (nSPS) is 12.5. The van der Waals surface area contributed by atoms with Gasteiger partial charge in [-0.25, -0.2) is 0 Å². The van der Waals surface area contributed by atoms with Crippen molar-refractivity contribution in [2.75, 3.05) is 6.54 Å². The Bertz CT molecular complexity index is 440. The van der Waals surface area contributed by atoms with Gasteiger partial charge in [0.1, 0.15) is 18.2 Å². The Morgan fingerprint density at radius 2 is 1.80 bits per heavy atom. The molecule has 0 aliphatic heterocycles. The molecule has 0 unspecified atom stereocenters. The van der Waals surface area contributed by atoms with Gasteiger partial charge in [-0.1, -0.05) is 20.8 Å². The highest BCUT2D eigenvalue weighted by Crippen LogP contribution is 2.26. The van der Waals surface area contributed by atoms with Crippen LogP contribution in [0.5, 0.6) is 0 Å². The van der Waals surface area contributed by atoms with E-state index in [-0.39, 0.29) is 16.5 Å². The molecule has 0 aromatic carbocycles. The monoisotopic (exact) mass is 281 g/mol. The van der Waals surface area contributed by atoms with Crippen molar-refractivity contribution in [1.29, 1.82) is 5.26 Å². The zero-order valence-corrected chi connectivity index (χ0v) is 12.7. The van der Waals surface area contributed by atoms with Gasteiger partial charge >= 0.3 is 5.97 Å². The van der Waals surface area contributed by atoms with Crippen molar-refractivity contribution < 1.29 is 14.7 Å². The van der Waals surface area contributed by atoms with Gasteiger partial charge in [0.15, 0.2) is 0 Å². The first-order chi connectivity index (χ1) is 8.97. The minimum atomic E-state index is -1.16. The lowest BCUT2D eigenvalue weighted by Crippen LogP contribution is -2.40. The van der Waals surface area contributed by atoms with E-state index in [2.05, 4.69) is 31.4 Å². The Hall–Kier alpha value is -2.03. The molecule has 0 aromatic rings. The number of carbonyl (C=O) groups excluding carboxylic acids is 1. The summed E-state index contributed by atoms with van der Waals surface area (Å²) in [7, 11) is 0. The third kappa shape index (κ3) is 8.14. The van der Waals surface area contributed by atoms with E-state index in [0.717, 1.165) is 6.42 Å². The molecule has 0 saturated heterocycles. The van der Waals surface area contributed by atoms with E-state index in [1.807, 2.05) is 13.8 Å². The highest BCUT2D eigenvalue weighted by molar-refractivity contribution is 5.98. The molecule has 20 heavy (non-hydrogen) atoms. The van der Waals surface area contributed by atoms with Gasteiger partial charge in [-0.3, -0.25) is 9.59 Å². The number of hydrogen-bond donors (Lipinski definition) is 3. The molecule has 3 N–H and O–H groups in total. The van der Waals surface area contributed by atoms with Crippen molar-refractivity contribution >= 4 is 11.9 Å². The van der Waals surface area contributed by atoms with Gasteiger partial charge in [0.25, 0.3) is 5.91 Å². The fourth-order valence-corrected chi connectivity index (χ4v) is 2.04. The molecule has 0 rings (SSSR count). The molecule has 0 bridgehead atoms. The Morgan fingerprint density at radius 3 is 2.20 bits per heavy atom. The van der Waals surface area contributed by atoms with Gasteiger partial charge in [0, 0.05) is 11.7 Å². The van der Waals surface area contributed by atoms with Crippen LogP contribution >= 0.6 is 0 Å². The number of carboxylic acids is 1. The molecule has 6 nitrogen and oxygen atoms in total. The Balaban J connectivity index is 4.71. The summed E-state index contributed by atoms with van der Waals surface area (Å²) in [6, 6.07) is 1.75. The van der Waals surface area contributed by atoms with E-state index < -0.39 is 18.4 Å². The maximum absolute atomic E-state index is 11.6. The molecular formula is C14H23N3O3. The number of carboxylic acid groups (broad SMARTS) is 1. The summed E-state index contributed by atoms with van der Waals surface area (Å²) in [6.07, 6.45) is 2.18. The Morgan fingerprint density at radius 1 is 1.25 bits per heavy atom. The molecule has 0 radical (unpaired) electrons. The van der Waals surface area contributed by atoms with Gasteiger partial charge in [0.2, 0.25) is 0 Å². The number of nitrogens with one attached hydrogen (secondary N) is 2. The van der Waals surface area contributed by atoms with Gasteiger partial charge in [-0.2, -0.15) is 5.26 Å². The van der Waals surface area contributed by atoms with Gasteiger partial charge < -0.3 is 15.7 Å². The number of amides is 1. The second-order valence-corrected chi connectivity index (χ2v) is 6.51. The zero-order valence-electron chi connectivity index (χ0n) is 12.7. The lowest BCUT2D eigenvalue weighted by atomic mass is 9.82. The largest absolute Gasteiger partial charge is 0.480 e. The number of carbonyl (C=O) groups is 2. The summed E-state index contributed by atoms with van der Waals surface area (Å²) >= 11 is 0. The van der Waals surface area contributed by atoms with Crippen LogP contribution in [0.25, 0.3) is 0 Å². The SMILES string of the molecule is CC(C)(C)CC(C)(C)N/C=C(/C#N)C(=O)NCC(=O)O. The molecule has 0 fully saturated rings. The van der Waals surface area contributed by atoms with Crippen LogP contribution in [0.1, 0.15) is 41.0 Å². The van der Waals surface area contributed by atoms with Crippen molar-refractivity contribution in [3.8, 4) is 6.07 Å². The summed E-state index contributed by atoms with van der Waals surface area (Å²) in [6.45, 7) is 9.74. The minimum Gasteiger partial charge on any atom is -0.480 e. The molecule has 0 aliphatic carbocycles. The van der Waals surface area contributed by atoms with Crippen LogP contribution in [0, 0.1) is 16.7 Å². The summed E-state index contributed by atoms with van der Waals surface area (Å²) in [5.74, 6) is -1.86. The summed E-state index contributed by atoms with van der Waals surface area (Å²) in [5.41, 5.74) is -0.330. The average molecular weight is 281 g/mol. The topological polar surface area (TPSA) is 102 Å². The number of nitrogens with zero attached hydrogens (tertiary/aromatic N) is 1. The number of hydrogen-bond acceptors (Lipinski definition) is 4. The third-order valence-electron chi connectivity index (χ3n) is 2.34. The summed E-state index contributed by atoms with van der Waals surface area (Å²) < 4.78 is 0. The van der Waals surface area contributed by atoms with Crippen LogP contribution in [0.3, 0.4) is 0 Å². The van der Waals surface area contributed by atoms with Crippen LogP contribution in [-0.4, -0.2) is 29.1 Å². The van der Waals surface area contributed by atoms with Crippen LogP contribution in [0.2, 0.25) is 0 Å². The predicted molar refractivity (Wildman–Crippen MR) is 75.6 cm³/mol. The first kappa shape index (κ1) is 18.0. The van der Waals surface area contributed by atoms with Gasteiger partial charge in [-0.05, 0) is 25.7 Å². The quantitative estimate of drug-likeness (QED) is 0.504. The van der Waals surface area contributed by atoms with E-state index in [9.17, 15) is 9.59 Å². The zero-order chi connectivity index (χ0) is 16.0.